The van der Waals surface area contributed by atoms with Gasteiger partial charge in [0.15, 0.2) is 5.76 Å². The van der Waals surface area contributed by atoms with Crippen LogP contribution < -0.4 is 0 Å². The molecule has 138 valence electrons. The third-order valence-corrected chi connectivity index (χ3v) is 5.65. The van der Waals surface area contributed by atoms with Crippen LogP contribution in [0.2, 0.25) is 0 Å². The van der Waals surface area contributed by atoms with Gasteiger partial charge in [0, 0.05) is 38.1 Å². The maximum absolute atomic E-state index is 12.8. The lowest BCUT2D eigenvalue weighted by Crippen LogP contribution is -2.39. The van der Waals surface area contributed by atoms with Gasteiger partial charge < -0.3 is 19.5 Å². The smallest absolute Gasteiger partial charge is 0.288 e. The third-order valence-electron chi connectivity index (χ3n) is 4.94. The first-order chi connectivity index (χ1) is 12.2. The van der Waals surface area contributed by atoms with Crippen molar-refractivity contribution in [3.63, 3.8) is 0 Å². The molecule has 0 saturated carbocycles. The molecule has 2 aliphatic heterocycles. The van der Waals surface area contributed by atoms with E-state index < -0.39 is 6.29 Å². The summed E-state index contributed by atoms with van der Waals surface area (Å²) in [5.74, 6) is 0.557. The number of likely N-dealkylation sites (tertiary alicyclic amines) is 1. The summed E-state index contributed by atoms with van der Waals surface area (Å²) < 4.78 is 11.9. The highest BCUT2D eigenvalue weighted by Gasteiger charge is 2.39. The van der Waals surface area contributed by atoms with Gasteiger partial charge in [0.2, 0.25) is 6.29 Å². The second-order valence-corrected chi connectivity index (χ2v) is 7.36. The highest BCUT2D eigenvalue weighted by atomic mass is 32.1. The Labute approximate surface area is 153 Å². The van der Waals surface area contributed by atoms with Gasteiger partial charge in [0.1, 0.15) is 0 Å². The minimum absolute atomic E-state index is 0.0250. The van der Waals surface area contributed by atoms with Gasteiger partial charge in [0.05, 0.1) is 0 Å². The van der Waals surface area contributed by atoms with Crippen molar-refractivity contribution in [2.45, 2.75) is 44.8 Å². The van der Waals surface area contributed by atoms with E-state index in [0.29, 0.717) is 18.8 Å². The Morgan fingerprint density at radius 3 is 2.88 bits per heavy atom. The molecule has 6 heteroatoms. The number of aliphatic hydroxyl groups is 1. The molecule has 3 rings (SSSR count). The number of carbonyl (C=O) groups is 1. The molecule has 0 aromatic carbocycles. The lowest BCUT2D eigenvalue weighted by molar-refractivity contribution is -0.170. The van der Waals surface area contributed by atoms with E-state index in [1.54, 1.807) is 11.3 Å². The van der Waals surface area contributed by atoms with E-state index in [0.717, 1.165) is 32.4 Å². The van der Waals surface area contributed by atoms with Gasteiger partial charge in [-0.3, -0.25) is 4.79 Å². The Morgan fingerprint density at radius 1 is 1.44 bits per heavy atom. The lowest BCUT2D eigenvalue weighted by Gasteiger charge is -2.37. The number of hydrogen-bond acceptors (Lipinski definition) is 5. The topological polar surface area (TPSA) is 59.0 Å². The number of allylic oxidation sites excluding steroid dienone is 1. The van der Waals surface area contributed by atoms with Crippen LogP contribution in [-0.2, 0) is 14.3 Å². The normalized spacial score (nSPS) is 26.4. The molecule has 0 unspecified atom stereocenters. The number of nitrogens with zero attached hydrogens (tertiary/aromatic N) is 1. The van der Waals surface area contributed by atoms with Crippen molar-refractivity contribution in [1.29, 1.82) is 0 Å². The second kappa shape index (κ2) is 8.83. The molecule has 1 fully saturated rings. The van der Waals surface area contributed by atoms with Crippen molar-refractivity contribution in [2.75, 3.05) is 26.3 Å². The van der Waals surface area contributed by atoms with Crippen LogP contribution in [-0.4, -0.2) is 48.5 Å². The number of hydrogen-bond donors (Lipinski definition) is 1. The zero-order valence-corrected chi connectivity index (χ0v) is 15.5. The summed E-state index contributed by atoms with van der Waals surface area (Å²) in [6.07, 6.45) is 5.13. The van der Waals surface area contributed by atoms with Gasteiger partial charge in [-0.2, -0.15) is 11.3 Å². The van der Waals surface area contributed by atoms with Crippen LogP contribution in [0.4, 0.5) is 0 Å². The minimum atomic E-state index is -0.451. The molecule has 3 heterocycles. The maximum Gasteiger partial charge on any atom is 0.288 e. The first-order valence-corrected chi connectivity index (χ1v) is 10.1. The Morgan fingerprint density at radius 2 is 2.24 bits per heavy atom. The molecule has 1 amide bonds. The Balaban J connectivity index is 1.88. The molecule has 25 heavy (non-hydrogen) atoms. The van der Waals surface area contributed by atoms with E-state index in [-0.39, 0.29) is 24.3 Å². The maximum atomic E-state index is 12.8. The number of aliphatic hydroxyl groups excluding tert-OH is 1. The number of thiophene rings is 1. The molecule has 2 aliphatic rings. The van der Waals surface area contributed by atoms with Crippen LogP contribution in [0, 0.1) is 5.92 Å². The van der Waals surface area contributed by atoms with Crippen molar-refractivity contribution in [3.8, 4) is 0 Å². The predicted molar refractivity (Wildman–Crippen MR) is 97.3 cm³/mol. The van der Waals surface area contributed by atoms with Crippen LogP contribution >= 0.6 is 11.3 Å². The van der Waals surface area contributed by atoms with Gasteiger partial charge in [0.25, 0.3) is 5.91 Å². The summed E-state index contributed by atoms with van der Waals surface area (Å²) in [4.78, 5) is 14.7. The first-order valence-electron chi connectivity index (χ1n) is 9.17. The van der Waals surface area contributed by atoms with Crippen molar-refractivity contribution in [3.05, 3.63) is 34.2 Å². The number of carbonyl (C=O) groups excluding carboxylic acids is 1. The molecule has 0 aliphatic carbocycles. The van der Waals surface area contributed by atoms with Crippen molar-refractivity contribution in [2.24, 2.45) is 5.92 Å². The van der Waals surface area contributed by atoms with Crippen LogP contribution in [0.15, 0.2) is 28.7 Å². The molecule has 5 nitrogen and oxygen atoms in total. The summed E-state index contributed by atoms with van der Waals surface area (Å²) in [5.41, 5.74) is 1.19. The van der Waals surface area contributed by atoms with Gasteiger partial charge in [-0.1, -0.05) is 0 Å². The minimum Gasteiger partial charge on any atom is -0.459 e. The van der Waals surface area contributed by atoms with Crippen LogP contribution in [0.1, 0.15) is 44.1 Å². The van der Waals surface area contributed by atoms with E-state index in [1.165, 1.54) is 5.56 Å². The summed E-state index contributed by atoms with van der Waals surface area (Å²) >= 11 is 1.65. The third kappa shape index (κ3) is 4.25. The van der Waals surface area contributed by atoms with Crippen molar-refractivity contribution >= 4 is 17.2 Å². The van der Waals surface area contributed by atoms with Crippen molar-refractivity contribution in [1.82, 2.24) is 4.90 Å². The average molecular weight is 365 g/mol. The largest absolute Gasteiger partial charge is 0.459 e. The van der Waals surface area contributed by atoms with E-state index in [4.69, 9.17) is 9.47 Å². The molecular weight excluding hydrogens is 338 g/mol. The molecule has 1 aromatic rings. The summed E-state index contributed by atoms with van der Waals surface area (Å²) in [6.45, 7) is 4.22. The fourth-order valence-electron chi connectivity index (χ4n) is 3.68. The van der Waals surface area contributed by atoms with E-state index >= 15 is 0 Å². The first kappa shape index (κ1) is 18.4. The SMILES string of the molecule is CCO[C@@H]1OC(C(=O)N2CCCC2)=C[C@H](c2ccsc2)[C@H]1CCCO. The molecular formula is C19H27NO4S. The molecule has 0 radical (unpaired) electrons. The number of ether oxygens (including phenoxy) is 2. The van der Waals surface area contributed by atoms with Crippen LogP contribution in [0.5, 0.6) is 0 Å². The van der Waals surface area contributed by atoms with E-state index in [9.17, 15) is 9.90 Å². The van der Waals surface area contributed by atoms with Gasteiger partial charge in [-0.25, -0.2) is 0 Å². The quantitative estimate of drug-likeness (QED) is 0.807. The highest BCUT2D eigenvalue weighted by Crippen LogP contribution is 2.40. The van der Waals surface area contributed by atoms with Gasteiger partial charge >= 0.3 is 0 Å². The predicted octanol–water partition coefficient (Wildman–Crippen LogP) is 3.12. The molecule has 0 bridgehead atoms. The average Bonchev–Trinajstić information content (AvgIpc) is 3.33. The van der Waals surface area contributed by atoms with Crippen LogP contribution in [0.3, 0.4) is 0 Å². The molecule has 0 spiro atoms. The van der Waals surface area contributed by atoms with Crippen molar-refractivity contribution < 1.29 is 19.4 Å². The molecule has 1 aromatic heterocycles. The zero-order valence-electron chi connectivity index (χ0n) is 14.7. The number of rotatable bonds is 7. The molecule has 3 atom stereocenters. The van der Waals surface area contributed by atoms with Gasteiger partial charge in [-0.15, -0.1) is 0 Å². The van der Waals surface area contributed by atoms with E-state index in [1.807, 2.05) is 17.9 Å². The summed E-state index contributed by atoms with van der Waals surface area (Å²) in [5, 5.41) is 13.4. The monoisotopic (exact) mass is 365 g/mol. The molecule has 1 N–H and O–H groups in total. The number of amides is 1. The fourth-order valence-corrected chi connectivity index (χ4v) is 4.39. The standard InChI is InChI=1S/C19H27NO4S/c1-2-23-19-15(6-5-10-21)16(14-7-11-25-13-14)12-17(24-19)18(22)20-8-3-4-9-20/h7,11-13,15-16,19,21H,2-6,8-10H2,1H3/t15-,16-,19-/m1/s1. The summed E-state index contributed by atoms with van der Waals surface area (Å²) in [6, 6.07) is 2.10. The molecule has 1 saturated heterocycles. The lowest BCUT2D eigenvalue weighted by atomic mass is 9.81. The fraction of sp³-hybridized carbons (Fsp3) is 0.632. The van der Waals surface area contributed by atoms with E-state index in [2.05, 4.69) is 16.8 Å². The zero-order chi connectivity index (χ0) is 17.6. The van der Waals surface area contributed by atoms with Crippen LogP contribution in [0.25, 0.3) is 0 Å². The Bertz CT molecular complexity index is 580. The Hall–Kier alpha value is -1.37. The summed E-state index contributed by atoms with van der Waals surface area (Å²) in [7, 11) is 0. The van der Waals surface area contributed by atoms with Gasteiger partial charge in [-0.05, 0) is 61.1 Å². The highest BCUT2D eigenvalue weighted by molar-refractivity contribution is 7.08. The second-order valence-electron chi connectivity index (χ2n) is 6.58. The Kier molecular flexibility index (Phi) is 6.51.